The molecule has 0 saturated carbocycles. The van der Waals surface area contributed by atoms with E-state index in [1.165, 1.54) is 0 Å². The van der Waals surface area contributed by atoms with Crippen LogP contribution in [0.25, 0.3) is 0 Å². The summed E-state index contributed by atoms with van der Waals surface area (Å²) in [5.74, 6) is -0.292. The number of thioether (sulfide) groups is 1. The molecule has 1 aromatic carbocycles. The third kappa shape index (κ3) is 6.64. The second kappa shape index (κ2) is 9.41. The molecular formula is C15H22N2O3S. The third-order valence-corrected chi connectivity index (χ3v) is 3.78. The smallest absolute Gasteiger partial charge is 0.303 e. The number of hydrogen-bond acceptors (Lipinski definition) is 4. The second-order valence-electron chi connectivity index (χ2n) is 4.79. The summed E-state index contributed by atoms with van der Waals surface area (Å²) in [7, 11) is 0. The van der Waals surface area contributed by atoms with Gasteiger partial charge in [0, 0.05) is 6.42 Å². The first-order valence-electron chi connectivity index (χ1n) is 6.86. The van der Waals surface area contributed by atoms with Crippen molar-refractivity contribution in [3.63, 3.8) is 0 Å². The highest BCUT2D eigenvalue weighted by Gasteiger charge is 2.19. The summed E-state index contributed by atoms with van der Waals surface area (Å²) in [4.78, 5) is 22.8. The predicted octanol–water partition coefficient (Wildman–Crippen LogP) is 1.79. The Bertz CT molecular complexity index is 453. The number of benzene rings is 1. The van der Waals surface area contributed by atoms with E-state index >= 15 is 0 Å². The maximum atomic E-state index is 12.1. The van der Waals surface area contributed by atoms with Crippen LogP contribution in [0.1, 0.15) is 30.9 Å². The Labute approximate surface area is 129 Å². The first kappa shape index (κ1) is 17.5. The number of carboxylic acids is 1. The van der Waals surface area contributed by atoms with E-state index in [-0.39, 0.29) is 18.4 Å². The molecule has 1 rings (SSSR count). The van der Waals surface area contributed by atoms with Crippen LogP contribution in [0.15, 0.2) is 30.3 Å². The third-order valence-electron chi connectivity index (χ3n) is 3.14. The highest BCUT2D eigenvalue weighted by Crippen LogP contribution is 2.18. The molecule has 0 aliphatic carbocycles. The van der Waals surface area contributed by atoms with Gasteiger partial charge in [0.2, 0.25) is 5.91 Å². The van der Waals surface area contributed by atoms with Crippen molar-refractivity contribution in [3.8, 4) is 0 Å². The molecule has 21 heavy (non-hydrogen) atoms. The van der Waals surface area contributed by atoms with Crippen LogP contribution in [-0.2, 0) is 9.59 Å². The fraction of sp³-hybridized carbons (Fsp3) is 0.467. The molecule has 0 aliphatic rings. The maximum Gasteiger partial charge on any atom is 0.303 e. The van der Waals surface area contributed by atoms with Gasteiger partial charge in [-0.1, -0.05) is 30.3 Å². The zero-order chi connectivity index (χ0) is 15.7. The number of carbonyl (C=O) groups is 2. The van der Waals surface area contributed by atoms with Crippen LogP contribution in [0, 0.1) is 0 Å². The Balaban J connectivity index is 2.68. The quantitative estimate of drug-likeness (QED) is 0.646. The molecule has 5 nitrogen and oxygen atoms in total. The number of nitrogens with two attached hydrogens (primary N) is 1. The molecule has 4 N–H and O–H groups in total. The first-order valence-corrected chi connectivity index (χ1v) is 8.25. The molecule has 0 radical (unpaired) electrons. The van der Waals surface area contributed by atoms with Crippen LogP contribution < -0.4 is 11.1 Å². The fourth-order valence-corrected chi connectivity index (χ4v) is 2.42. The highest BCUT2D eigenvalue weighted by molar-refractivity contribution is 7.98. The minimum absolute atomic E-state index is 0.000108. The Morgan fingerprint density at radius 1 is 1.29 bits per heavy atom. The Morgan fingerprint density at radius 2 is 1.95 bits per heavy atom. The zero-order valence-electron chi connectivity index (χ0n) is 12.1. The van der Waals surface area contributed by atoms with E-state index in [4.69, 9.17) is 10.8 Å². The van der Waals surface area contributed by atoms with Gasteiger partial charge < -0.3 is 16.2 Å². The van der Waals surface area contributed by atoms with Crippen LogP contribution >= 0.6 is 11.8 Å². The van der Waals surface area contributed by atoms with Gasteiger partial charge in [-0.25, -0.2) is 0 Å². The van der Waals surface area contributed by atoms with E-state index in [0.717, 1.165) is 11.3 Å². The zero-order valence-corrected chi connectivity index (χ0v) is 12.9. The van der Waals surface area contributed by atoms with Gasteiger partial charge in [0.1, 0.15) is 0 Å². The fourth-order valence-electron chi connectivity index (χ4n) is 1.93. The molecule has 6 heteroatoms. The number of carboxylic acid groups (broad SMARTS) is 1. The van der Waals surface area contributed by atoms with Gasteiger partial charge in [0.25, 0.3) is 0 Å². The first-order chi connectivity index (χ1) is 10.0. The van der Waals surface area contributed by atoms with Gasteiger partial charge in [-0.3, -0.25) is 9.59 Å². The van der Waals surface area contributed by atoms with Gasteiger partial charge in [-0.15, -0.1) is 0 Å². The van der Waals surface area contributed by atoms with Crippen LogP contribution in [0.4, 0.5) is 0 Å². The van der Waals surface area contributed by atoms with Crippen molar-refractivity contribution in [1.29, 1.82) is 0 Å². The summed E-state index contributed by atoms with van der Waals surface area (Å²) in [6, 6.07) is 8.47. The molecule has 1 amide bonds. The molecule has 1 aromatic rings. The van der Waals surface area contributed by atoms with Crippen LogP contribution in [-0.4, -0.2) is 35.0 Å². The maximum absolute atomic E-state index is 12.1. The van der Waals surface area contributed by atoms with E-state index in [1.54, 1.807) is 11.8 Å². The van der Waals surface area contributed by atoms with Gasteiger partial charge in [-0.05, 0) is 30.4 Å². The summed E-state index contributed by atoms with van der Waals surface area (Å²) in [6.45, 7) is 0. The Kier molecular flexibility index (Phi) is 7.85. The number of rotatable bonds is 9. The van der Waals surface area contributed by atoms with Crippen molar-refractivity contribution in [2.24, 2.45) is 5.73 Å². The van der Waals surface area contributed by atoms with Crippen molar-refractivity contribution in [1.82, 2.24) is 5.32 Å². The summed E-state index contributed by atoms with van der Waals surface area (Å²) < 4.78 is 0. The Morgan fingerprint density at radius 3 is 2.52 bits per heavy atom. The lowest BCUT2D eigenvalue weighted by molar-refractivity contribution is -0.137. The monoisotopic (exact) mass is 310 g/mol. The average Bonchev–Trinajstić information content (AvgIpc) is 2.49. The number of hydrogen-bond donors (Lipinski definition) is 3. The molecule has 0 aliphatic heterocycles. The average molecular weight is 310 g/mol. The standard InChI is InChI=1S/C15H22N2O3S/c1-21-10-9-12(16)15(20)17-13(7-8-14(18)19)11-5-3-2-4-6-11/h2-6,12-13H,7-10,16H2,1H3,(H,17,20)(H,18,19)/t12-,13?/m0/s1. The van der Waals surface area contributed by atoms with E-state index in [2.05, 4.69) is 5.32 Å². The van der Waals surface area contributed by atoms with Crippen molar-refractivity contribution < 1.29 is 14.7 Å². The lowest BCUT2D eigenvalue weighted by Crippen LogP contribution is -2.42. The molecule has 0 heterocycles. The van der Waals surface area contributed by atoms with Crippen LogP contribution in [0.2, 0.25) is 0 Å². The van der Waals surface area contributed by atoms with E-state index in [0.29, 0.717) is 12.8 Å². The lowest BCUT2D eigenvalue weighted by atomic mass is 10.0. The minimum Gasteiger partial charge on any atom is -0.481 e. The van der Waals surface area contributed by atoms with Crippen LogP contribution in [0.3, 0.4) is 0 Å². The molecule has 1 unspecified atom stereocenters. The van der Waals surface area contributed by atoms with Gasteiger partial charge in [0.15, 0.2) is 0 Å². The van der Waals surface area contributed by atoms with Crippen molar-refractivity contribution >= 4 is 23.6 Å². The van der Waals surface area contributed by atoms with Crippen molar-refractivity contribution in [2.45, 2.75) is 31.3 Å². The van der Waals surface area contributed by atoms with E-state index < -0.39 is 12.0 Å². The number of aliphatic carboxylic acids is 1. The minimum atomic E-state index is -0.878. The normalized spacial score (nSPS) is 13.4. The summed E-state index contributed by atoms with van der Waals surface area (Å²) in [5, 5.41) is 11.7. The van der Waals surface area contributed by atoms with Crippen LogP contribution in [0.5, 0.6) is 0 Å². The predicted molar refractivity (Wildman–Crippen MR) is 85.2 cm³/mol. The van der Waals surface area contributed by atoms with E-state index in [9.17, 15) is 9.59 Å². The second-order valence-corrected chi connectivity index (χ2v) is 5.78. The number of amides is 1. The van der Waals surface area contributed by atoms with Gasteiger partial charge >= 0.3 is 5.97 Å². The largest absolute Gasteiger partial charge is 0.481 e. The molecular weight excluding hydrogens is 288 g/mol. The molecule has 0 aromatic heterocycles. The Hall–Kier alpha value is -1.53. The van der Waals surface area contributed by atoms with Crippen molar-refractivity contribution in [2.75, 3.05) is 12.0 Å². The summed E-state index contributed by atoms with van der Waals surface area (Å²) in [6.07, 6.45) is 2.91. The summed E-state index contributed by atoms with van der Waals surface area (Å²) >= 11 is 1.64. The van der Waals surface area contributed by atoms with Gasteiger partial charge in [0.05, 0.1) is 12.1 Å². The highest BCUT2D eigenvalue weighted by atomic mass is 32.2. The lowest BCUT2D eigenvalue weighted by Gasteiger charge is -2.21. The molecule has 0 saturated heterocycles. The molecule has 0 spiro atoms. The summed E-state index contributed by atoms with van der Waals surface area (Å²) in [5.41, 5.74) is 6.74. The molecule has 116 valence electrons. The number of carbonyl (C=O) groups excluding carboxylic acids is 1. The van der Waals surface area contributed by atoms with E-state index in [1.807, 2.05) is 36.6 Å². The number of nitrogens with one attached hydrogen (secondary N) is 1. The molecule has 0 bridgehead atoms. The van der Waals surface area contributed by atoms with Gasteiger partial charge in [-0.2, -0.15) is 11.8 Å². The SMILES string of the molecule is CSCC[C@H](N)C(=O)NC(CCC(=O)O)c1ccccc1. The topological polar surface area (TPSA) is 92.4 Å². The van der Waals surface area contributed by atoms with Crippen molar-refractivity contribution in [3.05, 3.63) is 35.9 Å². The molecule has 2 atom stereocenters. The molecule has 0 fully saturated rings.